The van der Waals surface area contributed by atoms with Crippen molar-refractivity contribution in [2.45, 2.75) is 38.3 Å². The Balaban J connectivity index is 1.27. The maximum atomic E-state index is 11.9. The maximum Gasteiger partial charge on any atom is 0.253 e. The Morgan fingerprint density at radius 2 is 2.04 bits per heavy atom. The van der Waals surface area contributed by atoms with Gasteiger partial charge in [-0.05, 0) is 38.9 Å². The molecule has 2 aromatic rings. The van der Waals surface area contributed by atoms with Crippen molar-refractivity contribution in [2.24, 2.45) is 0 Å². The predicted octanol–water partition coefficient (Wildman–Crippen LogP) is 1.04. The number of aryl methyl sites for hydroxylation is 1. The van der Waals surface area contributed by atoms with E-state index in [-0.39, 0.29) is 5.56 Å². The molecule has 0 spiro atoms. The highest BCUT2D eigenvalue weighted by atomic mass is 16.1. The first kappa shape index (κ1) is 16.2. The molecule has 0 aromatic carbocycles. The minimum absolute atomic E-state index is 0.0159. The van der Waals surface area contributed by atoms with Crippen LogP contribution in [0.3, 0.4) is 0 Å². The minimum Gasteiger partial charge on any atom is -0.352 e. The molecule has 2 aliphatic rings. The number of hydrogen-bond donors (Lipinski definition) is 0. The normalized spacial score (nSPS) is 17.8. The molecule has 0 atom stereocenters. The summed E-state index contributed by atoms with van der Waals surface area (Å²) >= 11 is 0. The van der Waals surface area contributed by atoms with Crippen molar-refractivity contribution in [1.29, 1.82) is 0 Å². The van der Waals surface area contributed by atoms with Crippen molar-refractivity contribution in [2.75, 3.05) is 31.6 Å². The lowest BCUT2D eigenvalue weighted by atomic mass is 10.1. The second-order valence-electron chi connectivity index (χ2n) is 7.19. The van der Waals surface area contributed by atoms with Crippen LogP contribution in [-0.4, -0.2) is 57.4 Å². The fourth-order valence-electron chi connectivity index (χ4n) is 3.15. The summed E-state index contributed by atoms with van der Waals surface area (Å²) in [5.41, 5.74) is 1.91. The Labute approximate surface area is 147 Å². The van der Waals surface area contributed by atoms with E-state index in [1.165, 1.54) is 12.8 Å². The monoisotopic (exact) mass is 340 g/mol. The second-order valence-corrected chi connectivity index (χ2v) is 7.19. The van der Waals surface area contributed by atoms with E-state index in [9.17, 15) is 4.79 Å². The van der Waals surface area contributed by atoms with Crippen molar-refractivity contribution in [3.63, 3.8) is 0 Å². The van der Waals surface area contributed by atoms with Crippen molar-refractivity contribution in [3.8, 4) is 0 Å². The fraction of sp³-hybridized carbons (Fsp3) is 0.556. The van der Waals surface area contributed by atoms with Gasteiger partial charge in [-0.15, -0.1) is 5.10 Å². The smallest absolute Gasteiger partial charge is 0.253 e. The van der Waals surface area contributed by atoms with Gasteiger partial charge in [0.2, 0.25) is 0 Å². The van der Waals surface area contributed by atoms with Gasteiger partial charge in [0.1, 0.15) is 0 Å². The molecule has 1 aliphatic carbocycles. The summed E-state index contributed by atoms with van der Waals surface area (Å²) in [5, 5.41) is 8.73. The summed E-state index contributed by atoms with van der Waals surface area (Å²) in [7, 11) is 2.11. The fourth-order valence-corrected chi connectivity index (χ4v) is 3.15. The molecule has 1 saturated carbocycles. The molecule has 0 radical (unpaired) electrons. The highest BCUT2D eigenvalue weighted by molar-refractivity contribution is 5.42. The van der Waals surface area contributed by atoms with Gasteiger partial charge in [0, 0.05) is 49.9 Å². The number of anilines is 1. The third kappa shape index (κ3) is 3.56. The van der Waals surface area contributed by atoms with Crippen LogP contribution in [-0.2, 0) is 6.54 Å². The molecule has 1 aliphatic heterocycles. The van der Waals surface area contributed by atoms with Crippen LogP contribution >= 0.6 is 0 Å². The summed E-state index contributed by atoms with van der Waals surface area (Å²) in [4.78, 5) is 20.7. The molecule has 0 bridgehead atoms. The van der Waals surface area contributed by atoms with Gasteiger partial charge >= 0.3 is 0 Å². The lowest BCUT2D eigenvalue weighted by Gasteiger charge is -2.44. The van der Waals surface area contributed by atoms with Crippen molar-refractivity contribution < 1.29 is 0 Å². The highest BCUT2D eigenvalue weighted by Gasteiger charge is 2.31. The predicted molar refractivity (Wildman–Crippen MR) is 95.9 cm³/mol. The van der Waals surface area contributed by atoms with Crippen LogP contribution in [0.25, 0.3) is 0 Å². The van der Waals surface area contributed by atoms with Crippen LogP contribution in [0.15, 0.2) is 29.3 Å². The molecule has 1 saturated heterocycles. The maximum absolute atomic E-state index is 11.9. The zero-order valence-electron chi connectivity index (χ0n) is 14.8. The molecule has 0 unspecified atom stereocenters. The second kappa shape index (κ2) is 6.55. The molecule has 7 nitrogen and oxygen atoms in total. The summed E-state index contributed by atoms with van der Waals surface area (Å²) in [6.07, 6.45) is 4.14. The van der Waals surface area contributed by atoms with Crippen LogP contribution in [0.4, 0.5) is 5.82 Å². The average Bonchev–Trinajstić information content (AvgIpc) is 3.38. The molecule has 7 heteroatoms. The highest BCUT2D eigenvalue weighted by Crippen LogP contribution is 2.38. The summed E-state index contributed by atoms with van der Waals surface area (Å²) in [6, 6.07) is 6.27. The van der Waals surface area contributed by atoms with Crippen molar-refractivity contribution in [1.82, 2.24) is 24.6 Å². The summed E-state index contributed by atoms with van der Waals surface area (Å²) in [5.74, 6) is 1.62. The van der Waals surface area contributed by atoms with Gasteiger partial charge in [0.05, 0.1) is 12.0 Å². The number of hydrogen-bond acceptors (Lipinski definition) is 6. The molecule has 25 heavy (non-hydrogen) atoms. The summed E-state index contributed by atoms with van der Waals surface area (Å²) in [6.45, 7) is 5.23. The number of rotatable bonds is 6. The van der Waals surface area contributed by atoms with E-state index in [0.29, 0.717) is 18.5 Å². The van der Waals surface area contributed by atoms with Gasteiger partial charge in [-0.25, -0.2) is 4.98 Å². The quantitative estimate of drug-likeness (QED) is 0.783. The van der Waals surface area contributed by atoms with E-state index >= 15 is 0 Å². The van der Waals surface area contributed by atoms with Gasteiger partial charge in [-0.2, -0.15) is 5.10 Å². The Hall–Kier alpha value is -2.28. The van der Waals surface area contributed by atoms with Crippen LogP contribution in [0.5, 0.6) is 0 Å². The molecule has 132 valence electrons. The first-order valence-corrected chi connectivity index (χ1v) is 8.92. The largest absolute Gasteiger partial charge is 0.352 e. The molecule has 2 aromatic heterocycles. The van der Waals surface area contributed by atoms with E-state index in [4.69, 9.17) is 0 Å². The van der Waals surface area contributed by atoms with Gasteiger partial charge in [0.15, 0.2) is 5.82 Å². The zero-order valence-corrected chi connectivity index (χ0v) is 14.8. The number of likely N-dealkylation sites (N-methyl/N-ethyl adjacent to an activating group) is 1. The Bertz CT molecular complexity index is 792. The molecule has 3 heterocycles. The lowest BCUT2D eigenvalue weighted by Crippen LogP contribution is -2.59. The van der Waals surface area contributed by atoms with Gasteiger partial charge in [0.25, 0.3) is 5.56 Å². The number of nitrogens with zero attached hydrogens (tertiary/aromatic N) is 6. The van der Waals surface area contributed by atoms with E-state index in [0.717, 1.165) is 36.8 Å². The van der Waals surface area contributed by atoms with Crippen LogP contribution in [0.1, 0.15) is 30.1 Å². The van der Waals surface area contributed by atoms with Crippen LogP contribution in [0, 0.1) is 6.92 Å². The van der Waals surface area contributed by atoms with E-state index in [1.54, 1.807) is 17.0 Å². The topological polar surface area (TPSA) is 67.2 Å². The van der Waals surface area contributed by atoms with E-state index < -0.39 is 0 Å². The SMILES string of the molecule is Cc1cc(=O)n(CCN(C)C2CN(c3ccc(C4CC4)nn3)C2)cn1. The van der Waals surface area contributed by atoms with Crippen LogP contribution in [0.2, 0.25) is 0 Å². The molecule has 2 fully saturated rings. The molecular weight excluding hydrogens is 316 g/mol. The molecule has 0 N–H and O–H groups in total. The standard InChI is InChI=1S/C18H24N6O/c1-13-9-18(25)23(12-19-13)8-7-22(2)15-10-24(11-15)17-6-5-16(20-21-17)14-3-4-14/h5-6,9,12,14-15H,3-4,7-8,10-11H2,1-2H3. The zero-order chi connectivity index (χ0) is 17.4. The third-order valence-corrected chi connectivity index (χ3v) is 5.19. The minimum atomic E-state index is 0.0159. The number of aromatic nitrogens is 4. The first-order valence-electron chi connectivity index (χ1n) is 8.92. The van der Waals surface area contributed by atoms with Crippen molar-refractivity contribution in [3.05, 3.63) is 46.3 Å². The first-order chi connectivity index (χ1) is 12.1. The van der Waals surface area contributed by atoms with Gasteiger partial charge < -0.3 is 4.90 Å². The lowest BCUT2D eigenvalue weighted by molar-refractivity contribution is 0.196. The van der Waals surface area contributed by atoms with Crippen molar-refractivity contribution >= 4 is 5.82 Å². The van der Waals surface area contributed by atoms with E-state index in [2.05, 4.69) is 44.2 Å². The third-order valence-electron chi connectivity index (χ3n) is 5.19. The molecular formula is C18H24N6O. The van der Waals surface area contributed by atoms with E-state index in [1.807, 2.05) is 6.92 Å². The Kier molecular flexibility index (Phi) is 4.25. The Morgan fingerprint density at radius 3 is 2.68 bits per heavy atom. The molecule has 4 rings (SSSR count). The Morgan fingerprint density at radius 1 is 1.24 bits per heavy atom. The van der Waals surface area contributed by atoms with Gasteiger partial charge in [-0.1, -0.05) is 0 Å². The summed E-state index contributed by atoms with van der Waals surface area (Å²) < 4.78 is 1.67. The van der Waals surface area contributed by atoms with Crippen LogP contribution < -0.4 is 10.5 Å². The molecule has 0 amide bonds. The van der Waals surface area contributed by atoms with Gasteiger partial charge in [-0.3, -0.25) is 14.3 Å². The average molecular weight is 340 g/mol.